The lowest BCUT2D eigenvalue weighted by Gasteiger charge is -2.32. The predicted molar refractivity (Wildman–Crippen MR) is 81.3 cm³/mol. The molecule has 5 heteroatoms. The van der Waals surface area contributed by atoms with Gasteiger partial charge < -0.3 is 20.5 Å². The van der Waals surface area contributed by atoms with E-state index in [2.05, 4.69) is 10.6 Å². The fraction of sp³-hybridized carbons (Fsp3) is 0.562. The first-order valence-corrected chi connectivity index (χ1v) is 7.49. The molecule has 5 nitrogen and oxygen atoms in total. The van der Waals surface area contributed by atoms with Crippen molar-refractivity contribution in [3.8, 4) is 5.75 Å². The van der Waals surface area contributed by atoms with Gasteiger partial charge in [-0.2, -0.15) is 0 Å². The molecule has 1 aromatic carbocycles. The highest BCUT2D eigenvalue weighted by Gasteiger charge is 2.29. The van der Waals surface area contributed by atoms with E-state index in [4.69, 9.17) is 4.74 Å². The third-order valence-corrected chi connectivity index (χ3v) is 3.99. The van der Waals surface area contributed by atoms with Crippen molar-refractivity contribution < 1.29 is 14.6 Å². The number of carbonyl (C=O) groups excluding carboxylic acids is 1. The Morgan fingerprint density at radius 2 is 1.95 bits per heavy atom. The molecule has 116 valence electrons. The molecule has 1 fully saturated rings. The van der Waals surface area contributed by atoms with E-state index >= 15 is 0 Å². The number of para-hydroxylation sites is 1. The standard InChI is InChI=1S/C16H24N2O3/c1-21-14-8-4-3-7-13(14)11-17-15(19)18-12-16(20)9-5-2-6-10-16/h3-4,7-8,20H,2,5-6,9-12H2,1H3,(H2,17,18,19). The molecule has 0 atom stereocenters. The quantitative estimate of drug-likeness (QED) is 0.779. The molecule has 21 heavy (non-hydrogen) atoms. The number of rotatable bonds is 5. The molecular weight excluding hydrogens is 268 g/mol. The Morgan fingerprint density at radius 1 is 1.24 bits per heavy atom. The number of benzene rings is 1. The Labute approximate surface area is 125 Å². The van der Waals surface area contributed by atoms with Gasteiger partial charge in [-0.1, -0.05) is 37.5 Å². The van der Waals surface area contributed by atoms with Crippen molar-refractivity contribution in [3.63, 3.8) is 0 Å². The van der Waals surface area contributed by atoms with Crippen molar-refractivity contribution >= 4 is 6.03 Å². The molecule has 2 amide bonds. The Morgan fingerprint density at radius 3 is 2.67 bits per heavy atom. The first kappa shape index (κ1) is 15.6. The zero-order chi connectivity index (χ0) is 15.1. The van der Waals surface area contributed by atoms with Crippen molar-refractivity contribution in [1.82, 2.24) is 10.6 Å². The van der Waals surface area contributed by atoms with Crippen LogP contribution in [-0.4, -0.2) is 30.4 Å². The van der Waals surface area contributed by atoms with Crippen LogP contribution in [0.3, 0.4) is 0 Å². The van der Waals surface area contributed by atoms with Crippen molar-refractivity contribution in [3.05, 3.63) is 29.8 Å². The van der Waals surface area contributed by atoms with Gasteiger partial charge in [0.15, 0.2) is 0 Å². The van der Waals surface area contributed by atoms with E-state index in [0.717, 1.165) is 37.0 Å². The second kappa shape index (κ2) is 7.31. The first-order chi connectivity index (χ1) is 10.1. The molecule has 0 unspecified atom stereocenters. The number of methoxy groups -OCH3 is 1. The fourth-order valence-electron chi connectivity index (χ4n) is 2.72. The van der Waals surface area contributed by atoms with Gasteiger partial charge in [-0.05, 0) is 18.9 Å². The molecule has 1 aliphatic rings. The van der Waals surface area contributed by atoms with Crippen LogP contribution in [0.4, 0.5) is 4.79 Å². The Kier molecular flexibility index (Phi) is 5.44. The highest BCUT2D eigenvalue weighted by Crippen LogP contribution is 2.27. The van der Waals surface area contributed by atoms with Gasteiger partial charge in [0.1, 0.15) is 5.75 Å². The topological polar surface area (TPSA) is 70.6 Å². The van der Waals surface area contributed by atoms with Gasteiger partial charge in [-0.15, -0.1) is 0 Å². The third kappa shape index (κ3) is 4.63. The third-order valence-electron chi connectivity index (χ3n) is 3.99. The van der Waals surface area contributed by atoms with E-state index < -0.39 is 5.60 Å². The molecule has 0 bridgehead atoms. The fourth-order valence-corrected chi connectivity index (χ4v) is 2.72. The number of ether oxygens (including phenoxy) is 1. The Balaban J connectivity index is 1.77. The van der Waals surface area contributed by atoms with E-state index in [1.54, 1.807) is 7.11 Å². The smallest absolute Gasteiger partial charge is 0.315 e. The zero-order valence-corrected chi connectivity index (χ0v) is 12.5. The van der Waals surface area contributed by atoms with Crippen molar-refractivity contribution in [2.75, 3.05) is 13.7 Å². The molecule has 0 spiro atoms. The number of hydrogen-bond acceptors (Lipinski definition) is 3. The minimum absolute atomic E-state index is 0.264. The number of nitrogens with one attached hydrogen (secondary N) is 2. The van der Waals surface area contributed by atoms with E-state index in [1.165, 1.54) is 6.42 Å². The van der Waals surface area contributed by atoms with Crippen LogP contribution >= 0.6 is 0 Å². The summed E-state index contributed by atoms with van der Waals surface area (Å²) in [6, 6.07) is 7.30. The maximum absolute atomic E-state index is 11.8. The highest BCUT2D eigenvalue weighted by molar-refractivity contribution is 5.74. The molecule has 1 aromatic rings. The summed E-state index contributed by atoms with van der Waals surface area (Å²) < 4.78 is 5.24. The molecule has 0 aromatic heterocycles. The number of urea groups is 1. The molecule has 1 saturated carbocycles. The van der Waals surface area contributed by atoms with Crippen LogP contribution in [0, 0.1) is 0 Å². The summed E-state index contributed by atoms with van der Waals surface area (Å²) in [7, 11) is 1.61. The normalized spacial score (nSPS) is 17.0. The summed E-state index contributed by atoms with van der Waals surface area (Å²) in [5.41, 5.74) is 0.187. The van der Waals surface area contributed by atoms with Crippen LogP contribution in [0.1, 0.15) is 37.7 Å². The summed E-state index contributed by atoms with van der Waals surface area (Å²) in [5, 5.41) is 15.9. The van der Waals surface area contributed by atoms with Crippen LogP contribution in [0.25, 0.3) is 0 Å². The monoisotopic (exact) mass is 292 g/mol. The van der Waals surface area contributed by atoms with Gasteiger partial charge in [-0.25, -0.2) is 4.79 Å². The van der Waals surface area contributed by atoms with Crippen LogP contribution in [0.5, 0.6) is 5.75 Å². The summed E-state index contributed by atoms with van der Waals surface area (Å²) in [5.74, 6) is 0.753. The van der Waals surface area contributed by atoms with E-state index in [0.29, 0.717) is 13.1 Å². The van der Waals surface area contributed by atoms with Gasteiger partial charge in [0.2, 0.25) is 0 Å². The zero-order valence-electron chi connectivity index (χ0n) is 12.5. The lowest BCUT2D eigenvalue weighted by atomic mass is 9.85. The largest absolute Gasteiger partial charge is 0.496 e. The Bertz CT molecular complexity index is 470. The molecule has 0 heterocycles. The van der Waals surface area contributed by atoms with Gasteiger partial charge in [-0.3, -0.25) is 0 Å². The molecule has 0 saturated heterocycles. The van der Waals surface area contributed by atoms with Crippen molar-refractivity contribution in [2.24, 2.45) is 0 Å². The van der Waals surface area contributed by atoms with E-state index in [9.17, 15) is 9.90 Å². The lowest BCUT2D eigenvalue weighted by Crippen LogP contribution is -2.47. The minimum atomic E-state index is -0.736. The molecule has 1 aliphatic carbocycles. The van der Waals surface area contributed by atoms with Crippen molar-refractivity contribution in [2.45, 2.75) is 44.2 Å². The molecule has 2 rings (SSSR count). The average Bonchev–Trinajstić information content (AvgIpc) is 2.52. The summed E-state index contributed by atoms with van der Waals surface area (Å²) >= 11 is 0. The summed E-state index contributed by atoms with van der Waals surface area (Å²) in [6.45, 7) is 0.707. The number of aliphatic hydroxyl groups is 1. The summed E-state index contributed by atoms with van der Waals surface area (Å²) in [6.07, 6.45) is 4.75. The van der Waals surface area contributed by atoms with Crippen LogP contribution in [0.2, 0.25) is 0 Å². The molecular formula is C16H24N2O3. The van der Waals surface area contributed by atoms with Gasteiger partial charge >= 0.3 is 6.03 Å². The Hall–Kier alpha value is -1.75. The first-order valence-electron chi connectivity index (χ1n) is 7.49. The molecule has 3 N–H and O–H groups in total. The molecule has 0 aliphatic heterocycles. The number of hydrogen-bond donors (Lipinski definition) is 3. The van der Waals surface area contributed by atoms with Gasteiger partial charge in [0.05, 0.1) is 12.7 Å². The van der Waals surface area contributed by atoms with Gasteiger partial charge in [0.25, 0.3) is 0 Å². The average molecular weight is 292 g/mol. The maximum atomic E-state index is 11.8. The SMILES string of the molecule is COc1ccccc1CNC(=O)NCC1(O)CCCCC1. The van der Waals surface area contributed by atoms with Crippen LogP contribution < -0.4 is 15.4 Å². The second-order valence-corrected chi connectivity index (χ2v) is 5.63. The van der Waals surface area contributed by atoms with E-state index in [-0.39, 0.29) is 6.03 Å². The van der Waals surface area contributed by atoms with Crippen LogP contribution in [0.15, 0.2) is 24.3 Å². The minimum Gasteiger partial charge on any atom is -0.496 e. The summed E-state index contributed by atoms with van der Waals surface area (Å²) in [4.78, 5) is 11.8. The second-order valence-electron chi connectivity index (χ2n) is 5.63. The van der Waals surface area contributed by atoms with Crippen molar-refractivity contribution in [1.29, 1.82) is 0 Å². The lowest BCUT2D eigenvalue weighted by molar-refractivity contribution is 0.00719. The highest BCUT2D eigenvalue weighted by atomic mass is 16.5. The maximum Gasteiger partial charge on any atom is 0.315 e. The molecule has 0 radical (unpaired) electrons. The van der Waals surface area contributed by atoms with Gasteiger partial charge in [0, 0.05) is 18.7 Å². The van der Waals surface area contributed by atoms with Crippen LogP contribution in [-0.2, 0) is 6.54 Å². The predicted octanol–water partition coefficient (Wildman–Crippen LogP) is 2.19. The van der Waals surface area contributed by atoms with E-state index in [1.807, 2.05) is 24.3 Å². The number of amides is 2. The number of carbonyl (C=O) groups is 1.